The van der Waals surface area contributed by atoms with E-state index in [1.165, 1.54) is 48.5 Å². The molecule has 604 valence electrons. The van der Waals surface area contributed by atoms with Crippen LogP contribution in [-0.4, -0.2) is 241 Å². The number of aromatic amines is 2. The number of aliphatic carboxylic acids is 1. The molecule has 6 aromatic rings. The number of esters is 1. The van der Waals surface area contributed by atoms with Crippen molar-refractivity contribution in [1.29, 1.82) is 0 Å². The predicted octanol–water partition coefficient (Wildman–Crippen LogP) is 0.649. The summed E-state index contributed by atoms with van der Waals surface area (Å²) in [5, 5.41) is 76.6. The fourth-order valence-corrected chi connectivity index (χ4v) is 15.2. The lowest BCUT2D eigenvalue weighted by Gasteiger charge is -2.48. The van der Waals surface area contributed by atoms with Gasteiger partial charge in [-0.1, -0.05) is 74.6 Å². The lowest BCUT2D eigenvalue weighted by molar-refractivity contribution is -0.336. The summed E-state index contributed by atoms with van der Waals surface area (Å²) in [4.78, 5) is 120. The van der Waals surface area contributed by atoms with Crippen molar-refractivity contribution in [2.75, 3.05) is 56.8 Å². The third-order valence-electron chi connectivity index (χ3n) is 18.6. The number of amides is 5. The zero-order chi connectivity index (χ0) is 80.9. The van der Waals surface area contributed by atoms with Crippen molar-refractivity contribution in [2.45, 2.75) is 140 Å². The minimum absolute atomic E-state index is 0.0289. The highest BCUT2D eigenvalue weighted by molar-refractivity contribution is 7.87. The molecule has 4 aliphatic rings. The Hall–Kier alpha value is -10.0. The molecule has 2 aliphatic heterocycles. The van der Waals surface area contributed by atoms with E-state index in [9.17, 15) is 113 Å². The average molecular weight is 1630 g/mol. The van der Waals surface area contributed by atoms with Crippen molar-refractivity contribution in [3.63, 3.8) is 0 Å². The normalized spacial score (nSPS) is 23.3. The molecule has 39 nitrogen and oxygen atoms in total. The SMILES string of the molecule is O=C(COCCOCC(=O)Nc1ccc(-c2ccc(C(=O)Nc3ccc(S(=O)(=O)O)c4cc(S(=O)(=O)O)cc(S(=O)(=O)O)c34)cc2)cc1)NCCNC(=O)C1CC(NC(=O)c2cc(=O)[nH]c(=O)[nH]2)C(OC2OC=C(O)C(O)C2O)C(OC2OC(CO)C(O)C(O[C@@H](CC3CCCCC3)C(=O)O)C2OC(=O)c2ccccc2)C1. The Kier molecular flexibility index (Phi) is 28.0. The lowest BCUT2D eigenvalue weighted by atomic mass is 9.80. The van der Waals surface area contributed by atoms with Gasteiger partial charge in [-0.25, -0.2) is 14.4 Å². The summed E-state index contributed by atoms with van der Waals surface area (Å²) >= 11 is 0. The van der Waals surface area contributed by atoms with Crippen LogP contribution < -0.4 is 37.8 Å². The van der Waals surface area contributed by atoms with Crippen molar-refractivity contribution in [2.24, 2.45) is 11.8 Å². The molecule has 0 bridgehead atoms. The summed E-state index contributed by atoms with van der Waals surface area (Å²) in [7, 11) is -15.8. The van der Waals surface area contributed by atoms with Crippen LogP contribution in [0.4, 0.5) is 11.4 Å². The number of anilines is 2. The smallest absolute Gasteiger partial charge is 0.338 e. The van der Waals surface area contributed by atoms with E-state index in [4.69, 9.17) is 37.9 Å². The maximum absolute atomic E-state index is 14.4. The first-order valence-corrected chi connectivity index (χ1v) is 39.0. The molecule has 16 N–H and O–H groups in total. The van der Waals surface area contributed by atoms with E-state index in [0.29, 0.717) is 48.1 Å². The molecule has 0 radical (unpaired) electrons. The van der Waals surface area contributed by atoms with Gasteiger partial charge < -0.3 is 100 Å². The van der Waals surface area contributed by atoms with Gasteiger partial charge in [0.25, 0.3) is 47.7 Å². The highest BCUT2D eigenvalue weighted by atomic mass is 32.2. The van der Waals surface area contributed by atoms with Crippen molar-refractivity contribution in [3.05, 3.63) is 159 Å². The number of benzene rings is 5. The third kappa shape index (κ3) is 21.8. The van der Waals surface area contributed by atoms with Crippen LogP contribution >= 0.6 is 0 Å². The standard InChI is InChI=1S/C70H79N7O32S3/c78-31-50-58(84)61(105-49(66(89)90)25-35-7-3-1-4-8-35)62(108-67(91)39-9-5-2-6-10-39)69(107-50)106-48-27-40(26-45(75-65(88)46-30-53(80)77-70(92)76-46)60(48)109-68-59(85)57(83)47(79)32-104-68)63(86)72-22-21-71-54(81)33-102-23-24-103-34-55(82)73-41-17-15-37(16-18-41)36-11-13-38(14-12-36)64(87)74-44-19-20-51(111(96,97)98)43-28-42(110(93,94)95)29-52(56(43)44)112(99,100)101/h2,5-6,9-20,28-30,32,35,40,45,48-50,57-62,68-69,78-79,83-85H,1,3-4,7-8,21-27,31,33-34H2,(H,71,81)(H,72,86)(H,73,82)(H,74,87)(H,75,88)(H,89,90)(H,93,94,95)(H,96,97,98)(H,99,100,101)(H2,76,77,80,92)/t40?,45?,48?,49-,50?,57?,58?,59?,60?,61?,62?,68?,69?/m0/s1. The Labute approximate surface area is 636 Å². The Bertz CT molecular complexity index is 4920. The topological polar surface area (TPSA) is 604 Å². The number of fused-ring (bicyclic) bond motifs is 1. The molecule has 5 amide bonds. The van der Waals surface area contributed by atoms with Crippen LogP contribution in [0.25, 0.3) is 21.9 Å². The summed E-state index contributed by atoms with van der Waals surface area (Å²) in [5.41, 5.74) is -1.68. The van der Waals surface area contributed by atoms with Gasteiger partial charge in [-0.3, -0.25) is 47.4 Å². The van der Waals surface area contributed by atoms with Crippen molar-refractivity contribution in [3.8, 4) is 11.1 Å². The molecule has 1 aromatic heterocycles. The van der Waals surface area contributed by atoms with Crippen LogP contribution in [0.1, 0.15) is 82.6 Å². The molecular weight excluding hydrogens is 1550 g/mol. The van der Waals surface area contributed by atoms with Gasteiger partial charge in [-0.15, -0.1) is 0 Å². The van der Waals surface area contributed by atoms with Crippen molar-refractivity contribution < 1.29 is 141 Å². The minimum Gasteiger partial charge on any atom is -0.506 e. The summed E-state index contributed by atoms with van der Waals surface area (Å²) in [6.07, 6.45) is -16.6. The fourth-order valence-electron chi connectivity index (χ4n) is 13.2. The summed E-state index contributed by atoms with van der Waals surface area (Å²) < 4.78 is 150. The number of hydrogen-bond donors (Lipinski definition) is 16. The molecular formula is C70H79N7O32S3. The highest BCUT2D eigenvalue weighted by Crippen LogP contribution is 2.40. The maximum Gasteiger partial charge on any atom is 0.338 e. The summed E-state index contributed by atoms with van der Waals surface area (Å²) in [5.74, 6) is -8.72. The molecule has 42 heteroatoms. The number of nitrogens with one attached hydrogen (secondary N) is 7. The molecule has 0 spiro atoms. The van der Waals surface area contributed by atoms with Crippen LogP contribution in [-0.2, 0) is 87.4 Å². The second-order valence-corrected chi connectivity index (χ2v) is 30.6. The summed E-state index contributed by atoms with van der Waals surface area (Å²) in [6.45, 7) is -2.71. The van der Waals surface area contributed by atoms with Gasteiger partial charge in [0.1, 0.15) is 71.6 Å². The van der Waals surface area contributed by atoms with E-state index < -0.39 is 238 Å². The van der Waals surface area contributed by atoms with Crippen molar-refractivity contribution in [1.82, 2.24) is 25.9 Å². The van der Waals surface area contributed by atoms with Crippen LogP contribution in [0.15, 0.2) is 145 Å². The number of rotatable bonds is 32. The predicted molar refractivity (Wildman–Crippen MR) is 383 cm³/mol. The highest BCUT2D eigenvalue weighted by Gasteiger charge is 2.54. The zero-order valence-corrected chi connectivity index (χ0v) is 61.2. The third-order valence-corrected chi connectivity index (χ3v) is 21.2. The Morgan fingerprint density at radius 3 is 1.93 bits per heavy atom. The van der Waals surface area contributed by atoms with Gasteiger partial charge in [0.05, 0.1) is 48.1 Å². The second-order valence-electron chi connectivity index (χ2n) is 26.4. The van der Waals surface area contributed by atoms with Gasteiger partial charge in [-0.2, -0.15) is 25.3 Å². The first-order chi connectivity index (χ1) is 53.1. The Morgan fingerprint density at radius 1 is 0.643 bits per heavy atom. The van der Waals surface area contributed by atoms with E-state index in [0.717, 1.165) is 37.5 Å². The minimum atomic E-state index is -5.39. The lowest BCUT2D eigenvalue weighted by Crippen LogP contribution is -2.65. The van der Waals surface area contributed by atoms with Gasteiger partial charge >= 0.3 is 17.6 Å². The second kappa shape index (κ2) is 37.1. The number of aliphatic hydroxyl groups is 5. The molecule has 13 atom stereocenters. The van der Waals surface area contributed by atoms with E-state index in [-0.39, 0.29) is 49.8 Å². The maximum atomic E-state index is 14.4. The number of carboxylic acids is 1. The van der Waals surface area contributed by atoms with Crippen LogP contribution in [0, 0.1) is 11.8 Å². The van der Waals surface area contributed by atoms with E-state index in [1.807, 2.05) is 4.98 Å². The van der Waals surface area contributed by atoms with Gasteiger partial charge in [0, 0.05) is 47.1 Å². The molecule has 2 saturated carbocycles. The molecule has 3 heterocycles. The number of ether oxygens (including phenoxy) is 8. The fraction of sp³-hybridized carbons (Fsp3) is 0.414. The molecule has 3 fully saturated rings. The number of carboxylic acid groups (broad SMARTS) is 1. The van der Waals surface area contributed by atoms with Gasteiger partial charge in [-0.05, 0) is 97.0 Å². The van der Waals surface area contributed by atoms with E-state index in [1.54, 1.807) is 30.3 Å². The number of carbonyl (C=O) groups is 7. The zero-order valence-electron chi connectivity index (χ0n) is 58.8. The molecule has 1 saturated heterocycles. The Balaban J connectivity index is 0.746. The largest absolute Gasteiger partial charge is 0.506 e. The number of carbonyl (C=O) groups excluding carboxylic acids is 6. The van der Waals surface area contributed by atoms with E-state index >= 15 is 0 Å². The summed E-state index contributed by atoms with van der Waals surface area (Å²) in [6, 6.07) is 21.3. The number of H-pyrrole nitrogens is 2. The first-order valence-electron chi connectivity index (χ1n) is 34.6. The number of aliphatic hydroxyl groups excluding tert-OH is 5. The Morgan fingerprint density at radius 2 is 1.29 bits per heavy atom. The van der Waals surface area contributed by atoms with Crippen molar-refractivity contribution >= 4 is 94.0 Å². The molecule has 112 heavy (non-hydrogen) atoms. The molecule has 2 aliphatic carbocycles. The molecule has 10 rings (SSSR count). The van der Waals surface area contributed by atoms with E-state index in [2.05, 4.69) is 31.6 Å². The van der Waals surface area contributed by atoms with Gasteiger partial charge in [0.15, 0.2) is 24.3 Å². The molecule has 5 aromatic carbocycles. The van der Waals surface area contributed by atoms with Crippen LogP contribution in [0.2, 0.25) is 0 Å². The monoisotopic (exact) mass is 1630 g/mol. The van der Waals surface area contributed by atoms with Gasteiger partial charge in [0.2, 0.25) is 24.0 Å². The van der Waals surface area contributed by atoms with Crippen LogP contribution in [0.3, 0.4) is 0 Å². The quantitative estimate of drug-likeness (QED) is 0.0157. The number of aromatic nitrogens is 2. The first kappa shape index (κ1) is 84.4. The number of hydrogen-bond acceptors (Lipinski definition) is 28. The van der Waals surface area contributed by atoms with Crippen LogP contribution in [0.5, 0.6) is 0 Å². The molecule has 12 unspecified atom stereocenters. The average Bonchev–Trinajstić information content (AvgIpc) is 0.740.